The van der Waals surface area contributed by atoms with Gasteiger partial charge >= 0.3 is 0 Å². The normalized spacial score (nSPS) is 15.0. The van der Waals surface area contributed by atoms with Gasteiger partial charge < -0.3 is 9.15 Å². The number of non-ortho nitro benzene ring substituents is 1. The summed E-state index contributed by atoms with van der Waals surface area (Å²) in [5.74, 6) is 0.913. The summed E-state index contributed by atoms with van der Waals surface area (Å²) in [6.45, 7) is 0. The van der Waals surface area contributed by atoms with E-state index in [1.807, 2.05) is 0 Å². The molecule has 3 aromatic rings. The zero-order valence-electron chi connectivity index (χ0n) is 15.9. The van der Waals surface area contributed by atoms with Gasteiger partial charge in [-0.3, -0.25) is 19.8 Å². The zero-order chi connectivity index (χ0) is 22.1. The Morgan fingerprint density at radius 1 is 1.23 bits per heavy atom. The first-order chi connectivity index (χ1) is 14.9. The molecule has 1 aliphatic rings. The lowest BCUT2D eigenvalue weighted by Gasteiger charge is -2.14. The Morgan fingerprint density at radius 3 is 2.74 bits per heavy atom. The Kier molecular flexibility index (Phi) is 5.81. The number of thioether (sulfide) groups is 1. The molecule has 2 heterocycles. The quantitative estimate of drug-likeness (QED) is 0.197. The van der Waals surface area contributed by atoms with E-state index in [1.54, 1.807) is 48.5 Å². The maximum Gasteiger partial charge on any atom is 0.273 e. The van der Waals surface area contributed by atoms with E-state index < -0.39 is 4.92 Å². The molecule has 0 bridgehead atoms. The zero-order valence-corrected chi connectivity index (χ0v) is 18.3. The monoisotopic (exact) mass is 472 g/mol. The number of carbonyl (C=O) groups excluding carboxylic acids is 1. The topological polar surface area (TPSA) is 85.8 Å². The van der Waals surface area contributed by atoms with Crippen LogP contribution in [0.4, 0.5) is 11.4 Å². The number of thiocarbonyl (C=S) groups is 1. The third-order valence-electron chi connectivity index (χ3n) is 4.42. The Morgan fingerprint density at radius 2 is 2.03 bits per heavy atom. The van der Waals surface area contributed by atoms with Crippen molar-refractivity contribution in [2.24, 2.45) is 0 Å². The molecule has 156 valence electrons. The van der Waals surface area contributed by atoms with Gasteiger partial charge in [-0.15, -0.1) is 0 Å². The predicted molar refractivity (Wildman–Crippen MR) is 124 cm³/mol. The number of hydrogen-bond acceptors (Lipinski definition) is 7. The number of methoxy groups -OCH3 is 1. The largest absolute Gasteiger partial charge is 0.496 e. The van der Waals surface area contributed by atoms with Crippen molar-refractivity contribution in [2.45, 2.75) is 0 Å². The summed E-state index contributed by atoms with van der Waals surface area (Å²) in [6.07, 6.45) is 1.60. The molecule has 1 saturated heterocycles. The van der Waals surface area contributed by atoms with Crippen LogP contribution in [0.2, 0.25) is 5.02 Å². The minimum absolute atomic E-state index is 0.0860. The highest BCUT2D eigenvalue weighted by atomic mass is 35.5. The third-order valence-corrected chi connectivity index (χ3v) is 5.96. The van der Waals surface area contributed by atoms with E-state index in [1.165, 1.54) is 24.1 Å². The lowest BCUT2D eigenvalue weighted by molar-refractivity contribution is -0.384. The lowest BCUT2D eigenvalue weighted by atomic mass is 10.1. The van der Waals surface area contributed by atoms with Crippen molar-refractivity contribution in [3.63, 3.8) is 0 Å². The van der Waals surface area contributed by atoms with Crippen molar-refractivity contribution in [1.82, 2.24) is 0 Å². The highest BCUT2D eigenvalue weighted by Gasteiger charge is 2.33. The number of rotatable bonds is 5. The van der Waals surface area contributed by atoms with Crippen LogP contribution in [0, 0.1) is 10.1 Å². The van der Waals surface area contributed by atoms with E-state index in [-0.39, 0.29) is 11.6 Å². The molecule has 0 radical (unpaired) electrons. The van der Waals surface area contributed by atoms with Crippen molar-refractivity contribution in [3.8, 4) is 17.1 Å². The highest BCUT2D eigenvalue weighted by molar-refractivity contribution is 8.27. The minimum atomic E-state index is -0.498. The highest BCUT2D eigenvalue weighted by Crippen LogP contribution is 2.38. The van der Waals surface area contributed by atoms with Crippen LogP contribution in [0.3, 0.4) is 0 Å². The molecule has 1 aromatic heterocycles. The second kappa shape index (κ2) is 8.54. The van der Waals surface area contributed by atoms with E-state index in [0.29, 0.717) is 42.8 Å². The van der Waals surface area contributed by atoms with Crippen molar-refractivity contribution in [1.29, 1.82) is 0 Å². The molecule has 7 nitrogen and oxygen atoms in total. The van der Waals surface area contributed by atoms with Crippen LogP contribution in [0.5, 0.6) is 5.75 Å². The first kappa shape index (κ1) is 21.1. The molecule has 10 heteroatoms. The molecule has 0 aliphatic carbocycles. The van der Waals surface area contributed by atoms with Gasteiger partial charge in [0.1, 0.15) is 17.3 Å². The molecule has 0 unspecified atom stereocenters. The van der Waals surface area contributed by atoms with Crippen LogP contribution < -0.4 is 9.64 Å². The Balaban J connectivity index is 1.63. The first-order valence-corrected chi connectivity index (χ1v) is 10.4. The fourth-order valence-corrected chi connectivity index (χ4v) is 4.47. The number of anilines is 1. The molecule has 0 atom stereocenters. The van der Waals surface area contributed by atoms with Gasteiger partial charge in [0, 0.05) is 17.2 Å². The van der Waals surface area contributed by atoms with Gasteiger partial charge in [-0.05, 0) is 36.4 Å². The summed E-state index contributed by atoms with van der Waals surface area (Å²) in [5.41, 5.74) is 1.06. The number of amides is 1. The van der Waals surface area contributed by atoms with Crippen molar-refractivity contribution in [2.75, 3.05) is 12.0 Å². The molecule has 1 amide bonds. The summed E-state index contributed by atoms with van der Waals surface area (Å²) in [6, 6.07) is 14.5. The fraction of sp³-hybridized carbons (Fsp3) is 0.0476. The molecular weight excluding hydrogens is 460 g/mol. The second-order valence-electron chi connectivity index (χ2n) is 6.34. The van der Waals surface area contributed by atoms with Crippen LogP contribution in [-0.4, -0.2) is 22.3 Å². The molecule has 1 aliphatic heterocycles. The number of nitrogens with zero attached hydrogens (tertiary/aromatic N) is 2. The number of halogens is 1. The average molecular weight is 473 g/mol. The van der Waals surface area contributed by atoms with E-state index >= 15 is 0 Å². The number of nitro groups is 1. The van der Waals surface area contributed by atoms with E-state index in [2.05, 4.69) is 0 Å². The fourth-order valence-electron chi connectivity index (χ4n) is 3.01. The van der Waals surface area contributed by atoms with Crippen molar-refractivity contribution in [3.05, 3.63) is 80.4 Å². The lowest BCUT2D eigenvalue weighted by Crippen LogP contribution is -2.27. The third kappa shape index (κ3) is 4.20. The summed E-state index contributed by atoms with van der Waals surface area (Å²) >= 11 is 12.6. The minimum Gasteiger partial charge on any atom is -0.496 e. The van der Waals surface area contributed by atoms with Gasteiger partial charge in [-0.2, -0.15) is 0 Å². The van der Waals surface area contributed by atoms with Gasteiger partial charge in [0.25, 0.3) is 11.6 Å². The Bertz CT molecular complexity index is 1250. The SMILES string of the molecule is COc1cc([N+](=O)[O-])ccc1-c1ccc(/C=C2/SC(=S)N(c3cccc(Cl)c3)C2=O)o1. The Labute approximate surface area is 191 Å². The van der Waals surface area contributed by atoms with Crippen LogP contribution in [-0.2, 0) is 4.79 Å². The standard InChI is InChI=1S/C21H13ClN2O5S2/c1-28-18-10-14(24(26)27)5-7-16(18)17-8-6-15(29-17)11-19-20(25)23(21(30)31-19)13-4-2-3-12(22)9-13/h2-11H,1H3/b19-11+. The maximum atomic E-state index is 12.9. The number of furan rings is 1. The maximum absolute atomic E-state index is 12.9. The summed E-state index contributed by atoms with van der Waals surface area (Å²) in [7, 11) is 1.42. The molecule has 0 saturated carbocycles. The van der Waals surface area contributed by atoms with Crippen LogP contribution in [0.15, 0.2) is 63.9 Å². The van der Waals surface area contributed by atoms with E-state index in [4.69, 9.17) is 33.0 Å². The molecule has 31 heavy (non-hydrogen) atoms. The van der Waals surface area contributed by atoms with Gasteiger partial charge in [0.05, 0.1) is 34.3 Å². The van der Waals surface area contributed by atoms with Crippen molar-refractivity contribution < 1.29 is 18.9 Å². The average Bonchev–Trinajstić information content (AvgIpc) is 3.31. The van der Waals surface area contributed by atoms with E-state index in [9.17, 15) is 14.9 Å². The smallest absolute Gasteiger partial charge is 0.273 e. The summed E-state index contributed by atoms with van der Waals surface area (Å²) in [4.78, 5) is 25.2. The van der Waals surface area contributed by atoms with Crippen LogP contribution in [0.1, 0.15) is 5.76 Å². The summed E-state index contributed by atoms with van der Waals surface area (Å²) < 4.78 is 11.5. The molecule has 0 N–H and O–H groups in total. The van der Waals surface area contributed by atoms with Gasteiger partial charge in [-0.1, -0.05) is 41.6 Å². The van der Waals surface area contributed by atoms with E-state index in [0.717, 1.165) is 11.8 Å². The molecule has 2 aromatic carbocycles. The first-order valence-electron chi connectivity index (χ1n) is 8.83. The number of ether oxygens (including phenoxy) is 1. The number of benzene rings is 2. The predicted octanol–water partition coefficient (Wildman–Crippen LogP) is 5.92. The number of carbonyl (C=O) groups is 1. The van der Waals surface area contributed by atoms with Gasteiger partial charge in [0.15, 0.2) is 4.32 Å². The van der Waals surface area contributed by atoms with Crippen molar-refractivity contribution >= 4 is 63.3 Å². The molecule has 1 fully saturated rings. The molecular formula is C21H13ClN2O5S2. The summed E-state index contributed by atoms with van der Waals surface area (Å²) in [5, 5.41) is 11.5. The van der Waals surface area contributed by atoms with Crippen LogP contribution in [0.25, 0.3) is 17.4 Å². The molecule has 0 spiro atoms. The van der Waals surface area contributed by atoms with Crippen LogP contribution >= 0.6 is 35.6 Å². The number of hydrogen-bond donors (Lipinski definition) is 0. The number of nitro benzene ring substituents is 1. The van der Waals surface area contributed by atoms with Gasteiger partial charge in [0.2, 0.25) is 0 Å². The second-order valence-corrected chi connectivity index (χ2v) is 8.45. The van der Waals surface area contributed by atoms with Gasteiger partial charge in [-0.25, -0.2) is 0 Å². The molecule has 4 rings (SSSR count). The Hall–Kier alpha value is -3.14.